The summed E-state index contributed by atoms with van der Waals surface area (Å²) in [4.78, 5) is 37.8. The Morgan fingerprint density at radius 1 is 1.29 bits per heavy atom. The molecule has 2 rings (SSSR count). The Labute approximate surface area is 122 Å². The Morgan fingerprint density at radius 3 is 2.52 bits per heavy atom. The van der Waals surface area contributed by atoms with Crippen molar-refractivity contribution < 1.29 is 14.7 Å². The van der Waals surface area contributed by atoms with Gasteiger partial charge in [0, 0.05) is 5.69 Å². The van der Waals surface area contributed by atoms with Gasteiger partial charge >= 0.3 is 5.97 Å². The highest BCUT2D eigenvalue weighted by molar-refractivity contribution is 5.94. The van der Waals surface area contributed by atoms with Gasteiger partial charge in [0.1, 0.15) is 5.56 Å². The van der Waals surface area contributed by atoms with E-state index < -0.39 is 23.0 Å². The highest BCUT2D eigenvalue weighted by Gasteiger charge is 2.36. The lowest BCUT2D eigenvalue weighted by molar-refractivity contribution is -0.139. The Kier molecular flexibility index (Phi) is 4.45. The zero-order chi connectivity index (χ0) is 15.5. The molecular formula is C15H20N2O4. The molecule has 1 saturated carbocycles. The molecule has 0 saturated heterocycles. The lowest BCUT2D eigenvalue weighted by atomic mass is 9.79. The summed E-state index contributed by atoms with van der Waals surface area (Å²) < 4.78 is 0. The standard InChI is InChI=1S/C15H20N2O4/c1-10-5-6-11(13(20)16-10)14(21)17-15(9-12(18)19)7-3-2-4-8-15/h5-6H,2-4,7-9H2,1H3,(H,16,20)(H,17,21)(H,18,19). The van der Waals surface area contributed by atoms with Crippen LogP contribution in [-0.4, -0.2) is 27.5 Å². The van der Waals surface area contributed by atoms with Crippen LogP contribution in [0.25, 0.3) is 0 Å². The van der Waals surface area contributed by atoms with Crippen molar-refractivity contribution in [3.8, 4) is 0 Å². The summed E-state index contributed by atoms with van der Waals surface area (Å²) in [5, 5.41) is 11.9. The summed E-state index contributed by atoms with van der Waals surface area (Å²) in [7, 11) is 0. The molecule has 1 aromatic rings. The first kappa shape index (κ1) is 15.3. The first-order valence-corrected chi connectivity index (χ1v) is 7.16. The van der Waals surface area contributed by atoms with Crippen molar-refractivity contribution in [2.45, 2.75) is 51.0 Å². The number of hydrogen-bond acceptors (Lipinski definition) is 3. The molecule has 1 fully saturated rings. The van der Waals surface area contributed by atoms with Gasteiger partial charge in [0.05, 0.1) is 12.0 Å². The van der Waals surface area contributed by atoms with Crippen LogP contribution in [0.5, 0.6) is 0 Å². The van der Waals surface area contributed by atoms with Gasteiger partial charge in [-0.2, -0.15) is 0 Å². The highest BCUT2D eigenvalue weighted by atomic mass is 16.4. The maximum absolute atomic E-state index is 12.3. The third-order valence-electron chi connectivity index (χ3n) is 3.98. The number of amides is 1. The average molecular weight is 292 g/mol. The number of hydrogen-bond donors (Lipinski definition) is 3. The number of carbonyl (C=O) groups is 2. The second kappa shape index (κ2) is 6.11. The number of nitrogens with one attached hydrogen (secondary N) is 2. The molecule has 0 spiro atoms. The van der Waals surface area contributed by atoms with Gasteiger partial charge < -0.3 is 15.4 Å². The van der Waals surface area contributed by atoms with Gasteiger partial charge in [0.2, 0.25) is 0 Å². The quantitative estimate of drug-likeness (QED) is 0.784. The number of carbonyl (C=O) groups excluding carboxylic acids is 1. The molecule has 114 valence electrons. The van der Waals surface area contributed by atoms with Crippen molar-refractivity contribution in [2.75, 3.05) is 0 Å². The second-order valence-corrected chi connectivity index (χ2v) is 5.75. The van der Waals surface area contributed by atoms with E-state index in [0.717, 1.165) is 19.3 Å². The van der Waals surface area contributed by atoms with E-state index >= 15 is 0 Å². The molecular weight excluding hydrogens is 272 g/mol. The summed E-state index contributed by atoms with van der Waals surface area (Å²) in [5.41, 5.74) is -0.488. The van der Waals surface area contributed by atoms with E-state index in [-0.39, 0.29) is 12.0 Å². The first-order valence-electron chi connectivity index (χ1n) is 7.16. The van der Waals surface area contributed by atoms with Crippen molar-refractivity contribution in [1.29, 1.82) is 0 Å². The molecule has 0 radical (unpaired) electrons. The third-order valence-corrected chi connectivity index (χ3v) is 3.98. The van der Waals surface area contributed by atoms with Crippen molar-refractivity contribution in [3.05, 3.63) is 33.7 Å². The number of aromatic amines is 1. The molecule has 3 N–H and O–H groups in total. The number of pyridine rings is 1. The predicted octanol–water partition coefficient (Wildman–Crippen LogP) is 1.59. The maximum atomic E-state index is 12.3. The van der Waals surface area contributed by atoms with Crippen LogP contribution < -0.4 is 10.9 Å². The predicted molar refractivity (Wildman–Crippen MR) is 77.3 cm³/mol. The van der Waals surface area contributed by atoms with Crippen molar-refractivity contribution in [1.82, 2.24) is 10.3 Å². The Morgan fingerprint density at radius 2 is 1.95 bits per heavy atom. The van der Waals surface area contributed by atoms with E-state index in [4.69, 9.17) is 5.11 Å². The largest absolute Gasteiger partial charge is 0.481 e. The fourth-order valence-corrected chi connectivity index (χ4v) is 2.92. The molecule has 21 heavy (non-hydrogen) atoms. The number of H-pyrrole nitrogens is 1. The average Bonchev–Trinajstić information content (AvgIpc) is 2.38. The molecule has 0 unspecified atom stereocenters. The lowest BCUT2D eigenvalue weighted by Crippen LogP contribution is -2.52. The molecule has 1 aliphatic rings. The highest BCUT2D eigenvalue weighted by Crippen LogP contribution is 2.31. The summed E-state index contributed by atoms with van der Waals surface area (Å²) in [6, 6.07) is 3.13. The number of carboxylic acids is 1. The molecule has 1 aliphatic carbocycles. The van der Waals surface area contributed by atoms with E-state index in [1.807, 2.05) is 0 Å². The van der Waals surface area contributed by atoms with Gasteiger partial charge in [0.25, 0.3) is 11.5 Å². The summed E-state index contributed by atoms with van der Waals surface area (Å²) >= 11 is 0. The van der Waals surface area contributed by atoms with E-state index in [9.17, 15) is 14.4 Å². The number of aryl methyl sites for hydroxylation is 1. The van der Waals surface area contributed by atoms with E-state index in [1.165, 1.54) is 6.07 Å². The second-order valence-electron chi connectivity index (χ2n) is 5.75. The molecule has 6 heteroatoms. The van der Waals surface area contributed by atoms with Gasteiger partial charge in [-0.3, -0.25) is 14.4 Å². The molecule has 0 atom stereocenters. The van der Waals surface area contributed by atoms with Gasteiger partial charge in [-0.25, -0.2) is 0 Å². The van der Waals surface area contributed by atoms with Crippen molar-refractivity contribution in [3.63, 3.8) is 0 Å². The van der Waals surface area contributed by atoms with Crippen LogP contribution in [-0.2, 0) is 4.79 Å². The van der Waals surface area contributed by atoms with E-state index in [1.54, 1.807) is 13.0 Å². The minimum absolute atomic E-state index is 0.0240. The Bertz CT molecular complexity index is 600. The van der Waals surface area contributed by atoms with Crippen molar-refractivity contribution in [2.24, 2.45) is 0 Å². The van der Waals surface area contributed by atoms with Crippen LogP contribution in [0.1, 0.15) is 54.6 Å². The van der Waals surface area contributed by atoms with Crippen LogP contribution >= 0.6 is 0 Å². The zero-order valence-electron chi connectivity index (χ0n) is 12.1. The molecule has 0 aromatic carbocycles. The van der Waals surface area contributed by atoms with Crippen LogP contribution in [0.15, 0.2) is 16.9 Å². The molecule has 1 heterocycles. The summed E-state index contributed by atoms with van der Waals surface area (Å²) in [5.74, 6) is -1.44. The molecule has 0 bridgehead atoms. The van der Waals surface area contributed by atoms with E-state index in [2.05, 4.69) is 10.3 Å². The summed E-state index contributed by atoms with van der Waals surface area (Å²) in [6.07, 6.45) is 3.98. The molecule has 0 aliphatic heterocycles. The van der Waals surface area contributed by atoms with Crippen LogP contribution in [0, 0.1) is 6.92 Å². The smallest absolute Gasteiger partial charge is 0.305 e. The lowest BCUT2D eigenvalue weighted by Gasteiger charge is -2.36. The van der Waals surface area contributed by atoms with Crippen LogP contribution in [0.4, 0.5) is 0 Å². The molecule has 1 amide bonds. The Hall–Kier alpha value is -2.11. The minimum Gasteiger partial charge on any atom is -0.481 e. The number of rotatable bonds is 4. The van der Waals surface area contributed by atoms with Gasteiger partial charge in [-0.15, -0.1) is 0 Å². The minimum atomic E-state index is -0.935. The topological polar surface area (TPSA) is 99.3 Å². The maximum Gasteiger partial charge on any atom is 0.305 e. The Balaban J connectivity index is 2.21. The SMILES string of the molecule is Cc1ccc(C(=O)NC2(CC(=O)O)CCCCC2)c(=O)[nH]1. The number of carboxylic acid groups (broad SMARTS) is 1. The normalized spacial score (nSPS) is 17.2. The number of aromatic nitrogens is 1. The first-order chi connectivity index (χ1) is 9.92. The monoisotopic (exact) mass is 292 g/mol. The van der Waals surface area contributed by atoms with Crippen LogP contribution in [0.3, 0.4) is 0 Å². The van der Waals surface area contributed by atoms with Gasteiger partial charge in [0.15, 0.2) is 0 Å². The molecule has 1 aromatic heterocycles. The van der Waals surface area contributed by atoms with Crippen LogP contribution in [0.2, 0.25) is 0 Å². The number of aliphatic carboxylic acids is 1. The summed E-state index contributed by atoms with van der Waals surface area (Å²) in [6.45, 7) is 1.73. The fraction of sp³-hybridized carbons (Fsp3) is 0.533. The van der Waals surface area contributed by atoms with Crippen molar-refractivity contribution >= 4 is 11.9 Å². The van der Waals surface area contributed by atoms with Gasteiger partial charge in [-0.05, 0) is 31.9 Å². The fourth-order valence-electron chi connectivity index (χ4n) is 2.92. The van der Waals surface area contributed by atoms with E-state index in [0.29, 0.717) is 18.5 Å². The van der Waals surface area contributed by atoms with Gasteiger partial charge in [-0.1, -0.05) is 19.3 Å². The third kappa shape index (κ3) is 3.71. The molecule has 6 nitrogen and oxygen atoms in total. The zero-order valence-corrected chi connectivity index (χ0v) is 12.1.